The summed E-state index contributed by atoms with van der Waals surface area (Å²) in [6.07, 6.45) is -4.88. The van der Waals surface area contributed by atoms with E-state index in [0.29, 0.717) is 16.7 Å². The van der Waals surface area contributed by atoms with Gasteiger partial charge in [-0.1, -0.05) is 36.4 Å². The number of alkyl halides is 3. The summed E-state index contributed by atoms with van der Waals surface area (Å²) in [5.41, 5.74) is 1.46. The summed E-state index contributed by atoms with van der Waals surface area (Å²) in [7, 11) is -3.88. The molecule has 0 radical (unpaired) electrons. The van der Waals surface area contributed by atoms with Crippen LogP contribution in [0.4, 0.5) is 17.6 Å². The van der Waals surface area contributed by atoms with Crippen LogP contribution in [0, 0.1) is 5.82 Å². The van der Waals surface area contributed by atoms with Gasteiger partial charge in [0, 0.05) is 13.1 Å². The third-order valence-electron chi connectivity index (χ3n) is 4.58. The second-order valence-electron chi connectivity index (χ2n) is 7.25. The highest BCUT2D eigenvalue weighted by atomic mass is 32.2. The summed E-state index contributed by atoms with van der Waals surface area (Å²) >= 11 is 0. The van der Waals surface area contributed by atoms with Crippen LogP contribution < -0.4 is 14.8 Å². The van der Waals surface area contributed by atoms with Crippen LogP contribution in [0.1, 0.15) is 16.7 Å². The standard InChI is InChI=1S/C23H20F4N2O4S/c24-19-5-1-3-17(11-19)15-29-34(31,32)21-6-2-4-18(12-21)14-28-22(30)13-16-7-9-20(10-8-16)33-23(25,26)27/h1-12,29H,13-15H2,(H,28,30). The van der Waals surface area contributed by atoms with Gasteiger partial charge in [0.2, 0.25) is 15.9 Å². The van der Waals surface area contributed by atoms with E-state index in [9.17, 15) is 30.8 Å². The van der Waals surface area contributed by atoms with Crippen LogP contribution in [0.25, 0.3) is 0 Å². The zero-order chi connectivity index (χ0) is 24.8. The van der Waals surface area contributed by atoms with Crippen molar-refractivity contribution < 1.29 is 35.5 Å². The zero-order valence-corrected chi connectivity index (χ0v) is 18.4. The average molecular weight is 496 g/mol. The maximum Gasteiger partial charge on any atom is 0.573 e. The maximum atomic E-state index is 13.3. The highest BCUT2D eigenvalue weighted by molar-refractivity contribution is 7.89. The average Bonchev–Trinajstić information content (AvgIpc) is 2.77. The van der Waals surface area contributed by atoms with E-state index in [1.807, 2.05) is 0 Å². The van der Waals surface area contributed by atoms with Crippen molar-refractivity contribution in [2.24, 2.45) is 0 Å². The Balaban J connectivity index is 1.55. The normalized spacial score (nSPS) is 11.8. The number of rotatable bonds is 9. The predicted octanol–water partition coefficient (Wildman–Crippen LogP) is 4.06. The van der Waals surface area contributed by atoms with Gasteiger partial charge in [0.15, 0.2) is 0 Å². The van der Waals surface area contributed by atoms with Gasteiger partial charge in [-0.05, 0) is 53.1 Å². The number of nitrogens with one attached hydrogen (secondary N) is 2. The van der Waals surface area contributed by atoms with Gasteiger partial charge in [0.1, 0.15) is 11.6 Å². The van der Waals surface area contributed by atoms with Crippen LogP contribution in [0.15, 0.2) is 77.7 Å². The summed E-state index contributed by atoms with van der Waals surface area (Å²) in [5.74, 6) is -1.26. The lowest BCUT2D eigenvalue weighted by molar-refractivity contribution is -0.274. The number of hydrogen-bond acceptors (Lipinski definition) is 4. The van der Waals surface area contributed by atoms with E-state index in [1.54, 1.807) is 12.1 Å². The third-order valence-corrected chi connectivity index (χ3v) is 5.97. The minimum absolute atomic E-state index is 0.0177. The number of hydrogen-bond donors (Lipinski definition) is 2. The number of halogens is 4. The molecule has 0 fully saturated rings. The van der Waals surface area contributed by atoms with E-state index < -0.39 is 28.1 Å². The summed E-state index contributed by atoms with van der Waals surface area (Å²) in [4.78, 5) is 12.2. The Bertz CT molecular complexity index is 1250. The summed E-state index contributed by atoms with van der Waals surface area (Å²) in [6.45, 7) is -0.0464. The Hall–Kier alpha value is -3.44. The molecule has 34 heavy (non-hydrogen) atoms. The first-order valence-corrected chi connectivity index (χ1v) is 11.4. The molecule has 11 heteroatoms. The lowest BCUT2D eigenvalue weighted by Gasteiger charge is -2.10. The Morgan fingerprint density at radius 1 is 0.853 bits per heavy atom. The second-order valence-corrected chi connectivity index (χ2v) is 9.01. The fraction of sp³-hybridized carbons (Fsp3) is 0.174. The molecule has 0 aliphatic carbocycles. The first-order valence-electron chi connectivity index (χ1n) is 9.95. The fourth-order valence-electron chi connectivity index (χ4n) is 2.99. The molecule has 6 nitrogen and oxygen atoms in total. The number of carbonyl (C=O) groups excluding carboxylic acids is 1. The van der Waals surface area contributed by atoms with Crippen molar-refractivity contribution in [2.75, 3.05) is 0 Å². The zero-order valence-electron chi connectivity index (χ0n) is 17.6. The molecule has 1 amide bonds. The van der Waals surface area contributed by atoms with Gasteiger partial charge in [-0.15, -0.1) is 13.2 Å². The Labute approximate surface area is 193 Å². The Kier molecular flexibility index (Phi) is 7.90. The number of sulfonamides is 1. The molecule has 0 aliphatic rings. The molecular weight excluding hydrogens is 476 g/mol. The SMILES string of the molecule is O=C(Cc1ccc(OC(F)(F)F)cc1)NCc1cccc(S(=O)(=O)NCc2cccc(F)c2)c1. The van der Waals surface area contributed by atoms with Gasteiger partial charge < -0.3 is 10.1 Å². The molecule has 180 valence electrons. The van der Waals surface area contributed by atoms with Crippen LogP contribution in [0.5, 0.6) is 5.75 Å². The quantitative estimate of drug-likeness (QED) is 0.438. The van der Waals surface area contributed by atoms with Crippen molar-refractivity contribution in [3.8, 4) is 5.75 Å². The van der Waals surface area contributed by atoms with E-state index in [-0.39, 0.29) is 30.2 Å². The summed E-state index contributed by atoms with van der Waals surface area (Å²) < 4.78 is 81.2. The van der Waals surface area contributed by atoms with Crippen molar-refractivity contribution in [1.82, 2.24) is 10.0 Å². The van der Waals surface area contributed by atoms with E-state index in [0.717, 1.165) is 12.1 Å². The van der Waals surface area contributed by atoms with Crippen molar-refractivity contribution in [1.29, 1.82) is 0 Å². The molecule has 0 aromatic heterocycles. The molecule has 2 N–H and O–H groups in total. The van der Waals surface area contributed by atoms with Crippen LogP contribution in [-0.4, -0.2) is 20.7 Å². The molecule has 0 spiro atoms. The van der Waals surface area contributed by atoms with Gasteiger partial charge in [0.05, 0.1) is 11.3 Å². The minimum atomic E-state index is -4.80. The van der Waals surface area contributed by atoms with Crippen molar-refractivity contribution in [3.05, 3.63) is 95.3 Å². The molecule has 0 saturated heterocycles. The topological polar surface area (TPSA) is 84.5 Å². The smallest absolute Gasteiger partial charge is 0.406 e. The highest BCUT2D eigenvalue weighted by Crippen LogP contribution is 2.22. The highest BCUT2D eigenvalue weighted by Gasteiger charge is 2.31. The Morgan fingerprint density at radius 3 is 2.15 bits per heavy atom. The molecule has 3 aromatic rings. The lowest BCUT2D eigenvalue weighted by atomic mass is 10.1. The number of carbonyl (C=O) groups is 1. The van der Waals surface area contributed by atoms with Gasteiger partial charge >= 0.3 is 6.36 Å². The van der Waals surface area contributed by atoms with E-state index >= 15 is 0 Å². The van der Waals surface area contributed by atoms with Crippen molar-refractivity contribution in [3.63, 3.8) is 0 Å². The minimum Gasteiger partial charge on any atom is -0.406 e. The molecule has 0 atom stereocenters. The number of ether oxygens (including phenoxy) is 1. The largest absolute Gasteiger partial charge is 0.573 e. The van der Waals surface area contributed by atoms with Gasteiger partial charge in [-0.3, -0.25) is 4.79 Å². The van der Waals surface area contributed by atoms with Gasteiger partial charge in [-0.25, -0.2) is 17.5 Å². The molecule has 0 heterocycles. The fourth-order valence-corrected chi connectivity index (χ4v) is 4.08. The van der Waals surface area contributed by atoms with Crippen LogP contribution in [0.2, 0.25) is 0 Å². The third kappa shape index (κ3) is 7.85. The van der Waals surface area contributed by atoms with E-state index in [2.05, 4.69) is 14.8 Å². The number of amides is 1. The molecule has 0 saturated carbocycles. The van der Waals surface area contributed by atoms with Crippen LogP contribution in [0.3, 0.4) is 0 Å². The van der Waals surface area contributed by atoms with Crippen LogP contribution >= 0.6 is 0 Å². The first-order chi connectivity index (χ1) is 16.0. The second kappa shape index (κ2) is 10.7. The predicted molar refractivity (Wildman–Crippen MR) is 116 cm³/mol. The number of benzene rings is 3. The molecular formula is C23H20F4N2O4S. The summed E-state index contributed by atoms with van der Waals surface area (Å²) in [6, 6.07) is 16.4. The van der Waals surface area contributed by atoms with E-state index in [1.165, 1.54) is 48.5 Å². The Morgan fingerprint density at radius 2 is 1.50 bits per heavy atom. The van der Waals surface area contributed by atoms with Crippen LogP contribution in [-0.2, 0) is 34.3 Å². The van der Waals surface area contributed by atoms with Gasteiger partial charge in [-0.2, -0.15) is 0 Å². The summed E-state index contributed by atoms with van der Waals surface area (Å²) in [5, 5.41) is 2.64. The molecule has 0 aliphatic heterocycles. The molecule has 0 bridgehead atoms. The van der Waals surface area contributed by atoms with Crippen molar-refractivity contribution in [2.45, 2.75) is 30.8 Å². The molecule has 3 rings (SSSR count). The van der Waals surface area contributed by atoms with Gasteiger partial charge in [0.25, 0.3) is 0 Å². The van der Waals surface area contributed by atoms with Crippen molar-refractivity contribution >= 4 is 15.9 Å². The monoisotopic (exact) mass is 496 g/mol. The molecule has 0 unspecified atom stereocenters. The first kappa shape index (κ1) is 25.2. The lowest BCUT2D eigenvalue weighted by Crippen LogP contribution is -2.25. The van der Waals surface area contributed by atoms with E-state index in [4.69, 9.17) is 0 Å². The molecule has 3 aromatic carbocycles. The maximum absolute atomic E-state index is 13.3.